The maximum atomic E-state index is 12.9. The van der Waals surface area contributed by atoms with E-state index in [0.29, 0.717) is 54.8 Å². The molecule has 3 heterocycles. The fourth-order valence-corrected chi connectivity index (χ4v) is 5.27. The minimum absolute atomic E-state index is 0.0159. The van der Waals surface area contributed by atoms with Gasteiger partial charge in [0.15, 0.2) is 0 Å². The second-order valence-electron chi connectivity index (χ2n) is 9.81. The smallest absolute Gasteiger partial charge is 0.261 e. The lowest BCUT2D eigenvalue weighted by Crippen LogP contribution is -2.48. The number of halogens is 2. The standard InChI is InChI=1S/C29H32ClFN6O2/c1-19-16-22(36-12-14-37(15-13-36)25(38)6-3-9-31)18-24-27(19)35-28(34-24)26-23(8-11-33-29(26)39)32-10-7-20-4-2-5-21(30)17-20/h2,4-5,8,11,16-18H,3,6-7,9-10,12-15H2,1H3,(H,34,35)(H2,32,33,39). The number of nitrogens with zero attached hydrogens (tertiary/aromatic N) is 3. The van der Waals surface area contributed by atoms with Crippen LogP contribution in [0, 0.1) is 6.92 Å². The second kappa shape index (κ2) is 11.9. The number of aromatic nitrogens is 3. The van der Waals surface area contributed by atoms with Gasteiger partial charge < -0.3 is 25.1 Å². The molecular formula is C29H32ClFN6O2. The Kier molecular flexibility index (Phi) is 8.16. The Balaban J connectivity index is 1.34. The Morgan fingerprint density at radius 1 is 1.15 bits per heavy atom. The fraction of sp³-hybridized carbons (Fsp3) is 0.345. The van der Waals surface area contributed by atoms with E-state index in [0.717, 1.165) is 34.3 Å². The van der Waals surface area contributed by atoms with Crippen LogP contribution in [-0.2, 0) is 11.2 Å². The number of rotatable bonds is 9. The minimum atomic E-state index is -0.466. The van der Waals surface area contributed by atoms with Gasteiger partial charge in [0, 0.05) is 56.1 Å². The number of carbonyl (C=O) groups excluding carboxylic acids is 1. The van der Waals surface area contributed by atoms with E-state index >= 15 is 0 Å². The number of H-pyrrole nitrogens is 2. The summed E-state index contributed by atoms with van der Waals surface area (Å²) in [6.07, 6.45) is 2.92. The average Bonchev–Trinajstić information content (AvgIpc) is 3.36. The number of fused-ring (bicyclic) bond motifs is 1. The van der Waals surface area contributed by atoms with E-state index in [1.165, 1.54) is 0 Å². The summed E-state index contributed by atoms with van der Waals surface area (Å²) in [7, 11) is 0. The average molecular weight is 551 g/mol. The van der Waals surface area contributed by atoms with E-state index in [1.54, 1.807) is 6.20 Å². The van der Waals surface area contributed by atoms with Gasteiger partial charge in [0.05, 0.1) is 23.4 Å². The summed E-state index contributed by atoms with van der Waals surface area (Å²) in [5, 5.41) is 4.08. The van der Waals surface area contributed by atoms with Crippen molar-refractivity contribution in [3.8, 4) is 11.4 Å². The van der Waals surface area contributed by atoms with Gasteiger partial charge in [-0.15, -0.1) is 0 Å². The molecule has 0 bridgehead atoms. The maximum Gasteiger partial charge on any atom is 0.261 e. The summed E-state index contributed by atoms with van der Waals surface area (Å²) in [5.74, 6) is 0.517. The Bertz CT molecular complexity index is 1530. The zero-order valence-corrected chi connectivity index (χ0v) is 22.7. The van der Waals surface area contributed by atoms with Gasteiger partial charge in [-0.25, -0.2) is 4.98 Å². The molecule has 4 aromatic rings. The molecule has 0 aliphatic carbocycles. The monoisotopic (exact) mass is 550 g/mol. The van der Waals surface area contributed by atoms with Crippen molar-refractivity contribution < 1.29 is 9.18 Å². The van der Waals surface area contributed by atoms with Crippen molar-refractivity contribution in [2.24, 2.45) is 0 Å². The summed E-state index contributed by atoms with van der Waals surface area (Å²) in [6.45, 7) is 4.79. The molecule has 1 aliphatic heterocycles. The molecule has 1 saturated heterocycles. The molecule has 0 unspecified atom stereocenters. The molecule has 0 spiro atoms. The van der Waals surface area contributed by atoms with Gasteiger partial charge in [-0.1, -0.05) is 23.7 Å². The van der Waals surface area contributed by atoms with Crippen molar-refractivity contribution in [3.05, 3.63) is 75.2 Å². The number of aryl methyl sites for hydroxylation is 1. The predicted molar refractivity (Wildman–Crippen MR) is 155 cm³/mol. The van der Waals surface area contributed by atoms with Gasteiger partial charge in [-0.05, 0) is 61.2 Å². The molecule has 0 radical (unpaired) electrons. The molecular weight excluding hydrogens is 519 g/mol. The first-order valence-corrected chi connectivity index (χ1v) is 13.6. The van der Waals surface area contributed by atoms with Gasteiger partial charge in [0.2, 0.25) is 5.91 Å². The van der Waals surface area contributed by atoms with Crippen molar-refractivity contribution in [1.29, 1.82) is 0 Å². The number of hydrogen-bond acceptors (Lipinski definition) is 5. The minimum Gasteiger partial charge on any atom is -0.384 e. The number of hydrogen-bond donors (Lipinski definition) is 3. The number of alkyl halides is 1. The predicted octanol–water partition coefficient (Wildman–Crippen LogP) is 4.93. The van der Waals surface area contributed by atoms with Crippen molar-refractivity contribution in [2.75, 3.05) is 49.6 Å². The van der Waals surface area contributed by atoms with Crippen LogP contribution in [0.2, 0.25) is 5.02 Å². The molecule has 1 fully saturated rings. The van der Waals surface area contributed by atoms with Crippen LogP contribution >= 0.6 is 11.6 Å². The van der Waals surface area contributed by atoms with Crippen LogP contribution < -0.4 is 15.8 Å². The van der Waals surface area contributed by atoms with E-state index in [2.05, 4.69) is 26.3 Å². The van der Waals surface area contributed by atoms with Gasteiger partial charge in [-0.3, -0.25) is 14.0 Å². The van der Waals surface area contributed by atoms with Gasteiger partial charge in [0.1, 0.15) is 11.4 Å². The van der Waals surface area contributed by atoms with Crippen molar-refractivity contribution in [1.82, 2.24) is 19.9 Å². The van der Waals surface area contributed by atoms with Gasteiger partial charge in [0.25, 0.3) is 5.56 Å². The van der Waals surface area contributed by atoms with Crippen molar-refractivity contribution >= 4 is 39.9 Å². The van der Waals surface area contributed by atoms with Crippen LogP contribution in [0.15, 0.2) is 53.5 Å². The summed E-state index contributed by atoms with van der Waals surface area (Å²) in [5.41, 5.74) is 5.72. The second-order valence-corrected chi connectivity index (χ2v) is 10.2. The number of amides is 1. The largest absolute Gasteiger partial charge is 0.384 e. The van der Waals surface area contributed by atoms with E-state index in [4.69, 9.17) is 16.6 Å². The van der Waals surface area contributed by atoms with Crippen LogP contribution in [0.1, 0.15) is 24.0 Å². The molecule has 8 nitrogen and oxygen atoms in total. The SMILES string of the molecule is Cc1cc(N2CCN(C(=O)CCCF)CC2)cc2[nH]c(-c3c(NCCc4cccc(Cl)c4)cc[nH]c3=O)nc12. The molecule has 39 heavy (non-hydrogen) atoms. The topological polar surface area (TPSA) is 97.1 Å². The molecule has 5 rings (SSSR count). The van der Waals surface area contributed by atoms with E-state index in [1.807, 2.05) is 48.2 Å². The molecule has 0 atom stereocenters. The Labute approximate surface area is 231 Å². The Morgan fingerprint density at radius 2 is 1.97 bits per heavy atom. The number of aromatic amines is 2. The van der Waals surface area contributed by atoms with E-state index < -0.39 is 6.67 Å². The van der Waals surface area contributed by atoms with Crippen molar-refractivity contribution in [3.63, 3.8) is 0 Å². The zero-order chi connectivity index (χ0) is 27.4. The molecule has 1 aliphatic rings. The highest BCUT2D eigenvalue weighted by Gasteiger charge is 2.22. The first kappa shape index (κ1) is 26.7. The highest BCUT2D eigenvalue weighted by Crippen LogP contribution is 2.29. The van der Waals surface area contributed by atoms with Crippen molar-refractivity contribution in [2.45, 2.75) is 26.2 Å². The van der Waals surface area contributed by atoms with Crippen LogP contribution in [0.5, 0.6) is 0 Å². The third-order valence-electron chi connectivity index (χ3n) is 7.10. The Hall–Kier alpha value is -3.85. The molecule has 10 heteroatoms. The molecule has 2 aromatic carbocycles. The number of nitrogens with one attached hydrogen (secondary N) is 3. The lowest BCUT2D eigenvalue weighted by atomic mass is 10.1. The van der Waals surface area contributed by atoms with Crippen LogP contribution in [0.4, 0.5) is 15.8 Å². The normalized spacial score (nSPS) is 13.7. The van der Waals surface area contributed by atoms with E-state index in [-0.39, 0.29) is 24.3 Å². The van der Waals surface area contributed by atoms with Crippen LogP contribution in [0.25, 0.3) is 22.4 Å². The number of anilines is 2. The summed E-state index contributed by atoms with van der Waals surface area (Å²) < 4.78 is 12.4. The molecule has 2 aromatic heterocycles. The molecule has 1 amide bonds. The van der Waals surface area contributed by atoms with Gasteiger partial charge in [-0.2, -0.15) is 0 Å². The first-order valence-electron chi connectivity index (χ1n) is 13.2. The number of pyridine rings is 1. The summed E-state index contributed by atoms with van der Waals surface area (Å²) in [4.78, 5) is 40.2. The zero-order valence-electron chi connectivity index (χ0n) is 21.9. The maximum absolute atomic E-state index is 12.9. The number of benzene rings is 2. The lowest BCUT2D eigenvalue weighted by molar-refractivity contribution is -0.131. The molecule has 3 N–H and O–H groups in total. The van der Waals surface area contributed by atoms with Crippen LogP contribution in [-0.4, -0.2) is 65.2 Å². The fourth-order valence-electron chi connectivity index (χ4n) is 5.06. The quantitative estimate of drug-likeness (QED) is 0.274. The van der Waals surface area contributed by atoms with Crippen LogP contribution in [0.3, 0.4) is 0 Å². The number of imidazole rings is 1. The first-order chi connectivity index (χ1) is 18.9. The highest BCUT2D eigenvalue weighted by molar-refractivity contribution is 6.30. The summed E-state index contributed by atoms with van der Waals surface area (Å²) >= 11 is 6.11. The molecule has 0 saturated carbocycles. The third-order valence-corrected chi connectivity index (χ3v) is 7.33. The summed E-state index contributed by atoms with van der Waals surface area (Å²) in [6, 6.07) is 13.7. The van der Waals surface area contributed by atoms with Gasteiger partial charge >= 0.3 is 0 Å². The lowest BCUT2D eigenvalue weighted by Gasteiger charge is -2.36. The van der Waals surface area contributed by atoms with E-state index in [9.17, 15) is 14.0 Å². The molecule has 204 valence electrons. The highest BCUT2D eigenvalue weighted by atomic mass is 35.5. The number of piperazine rings is 1. The number of carbonyl (C=O) groups is 1. The third kappa shape index (κ3) is 6.09. The Morgan fingerprint density at radius 3 is 2.74 bits per heavy atom.